The molecular formula is C21H26N4O2. The fourth-order valence-corrected chi connectivity index (χ4v) is 3.36. The van der Waals surface area contributed by atoms with Crippen molar-refractivity contribution in [2.75, 3.05) is 31.5 Å². The summed E-state index contributed by atoms with van der Waals surface area (Å²) in [6, 6.07) is 10.4. The van der Waals surface area contributed by atoms with Gasteiger partial charge in [0.05, 0.1) is 5.56 Å². The van der Waals surface area contributed by atoms with E-state index in [0.717, 1.165) is 25.6 Å². The van der Waals surface area contributed by atoms with E-state index >= 15 is 0 Å². The second-order valence-corrected chi connectivity index (χ2v) is 7.08. The van der Waals surface area contributed by atoms with Crippen LogP contribution in [0.4, 0.5) is 5.69 Å². The first-order valence-electron chi connectivity index (χ1n) is 9.44. The Bertz CT molecular complexity index is 779. The highest BCUT2D eigenvalue weighted by Crippen LogP contribution is 2.15. The number of nitrogens with one attached hydrogen (secondary N) is 2. The summed E-state index contributed by atoms with van der Waals surface area (Å²) in [6.45, 7) is 5.98. The molecule has 6 heteroatoms. The van der Waals surface area contributed by atoms with Crippen molar-refractivity contribution < 1.29 is 9.59 Å². The van der Waals surface area contributed by atoms with Gasteiger partial charge in [-0.25, -0.2) is 0 Å². The van der Waals surface area contributed by atoms with Crippen molar-refractivity contribution >= 4 is 17.5 Å². The summed E-state index contributed by atoms with van der Waals surface area (Å²) in [7, 11) is 0. The van der Waals surface area contributed by atoms with E-state index < -0.39 is 0 Å². The Morgan fingerprint density at radius 2 is 2.04 bits per heavy atom. The summed E-state index contributed by atoms with van der Waals surface area (Å²) in [5.41, 5.74) is 1.59. The predicted octanol–water partition coefficient (Wildman–Crippen LogP) is 2.80. The van der Waals surface area contributed by atoms with Crippen LogP contribution in [-0.2, 0) is 0 Å². The van der Waals surface area contributed by atoms with Gasteiger partial charge in [0.25, 0.3) is 11.8 Å². The molecule has 0 bridgehead atoms. The molecule has 0 saturated carbocycles. The van der Waals surface area contributed by atoms with Gasteiger partial charge in [0.1, 0.15) is 0 Å². The standard InChI is InChI=1S/C21H26N4O2/c1-16-5-4-11-25(15-16)12-10-23-20(26)17-6-2-8-19(13-17)24-21(27)18-7-3-9-22-14-18/h2-3,6-9,13-14,16H,4-5,10-12,15H2,1H3,(H,23,26)(H,24,27). The Morgan fingerprint density at radius 1 is 1.19 bits per heavy atom. The Balaban J connectivity index is 1.51. The maximum Gasteiger partial charge on any atom is 0.257 e. The first kappa shape index (κ1) is 19.0. The van der Waals surface area contributed by atoms with Gasteiger partial charge in [-0.15, -0.1) is 0 Å². The highest BCUT2D eigenvalue weighted by atomic mass is 16.2. The molecule has 1 atom stereocenters. The molecule has 2 aromatic rings. The lowest BCUT2D eigenvalue weighted by Crippen LogP contribution is -2.40. The lowest BCUT2D eigenvalue weighted by molar-refractivity contribution is 0.0942. The zero-order valence-corrected chi connectivity index (χ0v) is 15.6. The molecule has 0 aliphatic carbocycles. The normalized spacial score (nSPS) is 17.3. The number of rotatable bonds is 6. The number of amides is 2. The van der Waals surface area contributed by atoms with Gasteiger partial charge in [0, 0.05) is 43.3 Å². The van der Waals surface area contributed by atoms with Crippen LogP contribution >= 0.6 is 0 Å². The van der Waals surface area contributed by atoms with E-state index in [4.69, 9.17) is 0 Å². The molecule has 142 valence electrons. The fourth-order valence-electron chi connectivity index (χ4n) is 3.36. The molecule has 1 aliphatic rings. The van der Waals surface area contributed by atoms with Crippen molar-refractivity contribution in [3.8, 4) is 0 Å². The molecular weight excluding hydrogens is 340 g/mol. The van der Waals surface area contributed by atoms with Gasteiger partial charge in [-0.3, -0.25) is 14.6 Å². The summed E-state index contributed by atoms with van der Waals surface area (Å²) in [6.07, 6.45) is 5.65. The highest BCUT2D eigenvalue weighted by Gasteiger charge is 2.16. The first-order chi connectivity index (χ1) is 13.1. The van der Waals surface area contributed by atoms with Crippen LogP contribution in [0.5, 0.6) is 0 Å². The third kappa shape index (κ3) is 5.62. The first-order valence-corrected chi connectivity index (χ1v) is 9.44. The third-order valence-corrected chi connectivity index (χ3v) is 4.76. The number of pyridine rings is 1. The Labute approximate surface area is 160 Å². The van der Waals surface area contributed by atoms with E-state index in [-0.39, 0.29) is 11.8 Å². The smallest absolute Gasteiger partial charge is 0.257 e. The molecule has 1 aromatic heterocycles. The molecule has 0 spiro atoms. The third-order valence-electron chi connectivity index (χ3n) is 4.76. The molecule has 0 radical (unpaired) electrons. The van der Waals surface area contributed by atoms with Crippen molar-refractivity contribution in [2.45, 2.75) is 19.8 Å². The second kappa shape index (κ2) is 9.28. The minimum absolute atomic E-state index is 0.127. The minimum Gasteiger partial charge on any atom is -0.351 e. The molecule has 1 saturated heterocycles. The number of anilines is 1. The summed E-state index contributed by atoms with van der Waals surface area (Å²) < 4.78 is 0. The number of carbonyl (C=O) groups is 2. The number of benzene rings is 1. The number of hydrogen-bond acceptors (Lipinski definition) is 4. The van der Waals surface area contributed by atoms with Crippen molar-refractivity contribution in [3.63, 3.8) is 0 Å². The SMILES string of the molecule is CC1CCCN(CCNC(=O)c2cccc(NC(=O)c3cccnc3)c2)C1. The zero-order chi connectivity index (χ0) is 19.1. The average Bonchev–Trinajstić information content (AvgIpc) is 2.69. The van der Waals surface area contributed by atoms with Gasteiger partial charge in [-0.2, -0.15) is 0 Å². The maximum atomic E-state index is 12.4. The summed E-state index contributed by atoms with van der Waals surface area (Å²) >= 11 is 0. The number of carbonyl (C=O) groups excluding carboxylic acids is 2. The number of hydrogen-bond donors (Lipinski definition) is 2. The monoisotopic (exact) mass is 366 g/mol. The van der Waals surface area contributed by atoms with Gasteiger partial charge >= 0.3 is 0 Å². The van der Waals surface area contributed by atoms with E-state index in [1.807, 2.05) is 0 Å². The molecule has 2 N–H and O–H groups in total. The van der Waals surface area contributed by atoms with E-state index in [1.165, 1.54) is 19.0 Å². The molecule has 6 nitrogen and oxygen atoms in total. The van der Waals surface area contributed by atoms with Crippen molar-refractivity contribution in [2.24, 2.45) is 5.92 Å². The van der Waals surface area contributed by atoms with Crippen molar-refractivity contribution in [3.05, 3.63) is 59.9 Å². The van der Waals surface area contributed by atoms with Crippen LogP contribution in [0.25, 0.3) is 0 Å². The van der Waals surface area contributed by atoms with E-state index in [1.54, 1.807) is 42.6 Å². The van der Waals surface area contributed by atoms with Crippen molar-refractivity contribution in [1.29, 1.82) is 0 Å². The molecule has 1 unspecified atom stereocenters. The Hall–Kier alpha value is -2.73. The average molecular weight is 366 g/mol. The molecule has 1 fully saturated rings. The highest BCUT2D eigenvalue weighted by molar-refractivity contribution is 6.04. The fraction of sp³-hybridized carbons (Fsp3) is 0.381. The van der Waals surface area contributed by atoms with Crippen LogP contribution in [-0.4, -0.2) is 47.9 Å². The Morgan fingerprint density at radius 3 is 2.81 bits per heavy atom. The predicted molar refractivity (Wildman–Crippen MR) is 106 cm³/mol. The molecule has 3 rings (SSSR count). The van der Waals surface area contributed by atoms with Gasteiger partial charge in [-0.1, -0.05) is 13.0 Å². The van der Waals surface area contributed by atoms with Gasteiger partial charge in [0.2, 0.25) is 0 Å². The van der Waals surface area contributed by atoms with Gasteiger partial charge in [-0.05, 0) is 55.6 Å². The number of piperidine rings is 1. The number of aromatic nitrogens is 1. The summed E-state index contributed by atoms with van der Waals surface area (Å²) in [5.74, 6) is 0.354. The quantitative estimate of drug-likeness (QED) is 0.824. The van der Waals surface area contributed by atoms with Crippen LogP contribution in [0.3, 0.4) is 0 Å². The molecule has 2 amide bonds. The van der Waals surface area contributed by atoms with Crippen LogP contribution in [0.1, 0.15) is 40.5 Å². The lowest BCUT2D eigenvalue weighted by Gasteiger charge is -2.30. The summed E-state index contributed by atoms with van der Waals surface area (Å²) in [5, 5.41) is 5.77. The van der Waals surface area contributed by atoms with Crippen LogP contribution in [0.15, 0.2) is 48.8 Å². The molecule has 27 heavy (non-hydrogen) atoms. The summed E-state index contributed by atoms with van der Waals surface area (Å²) in [4.78, 5) is 31.0. The van der Waals surface area contributed by atoms with E-state index in [9.17, 15) is 9.59 Å². The molecule has 2 heterocycles. The largest absolute Gasteiger partial charge is 0.351 e. The van der Waals surface area contributed by atoms with Crippen LogP contribution in [0.2, 0.25) is 0 Å². The van der Waals surface area contributed by atoms with E-state index in [2.05, 4.69) is 27.4 Å². The minimum atomic E-state index is -0.250. The van der Waals surface area contributed by atoms with Crippen LogP contribution in [0, 0.1) is 5.92 Å². The zero-order valence-electron chi connectivity index (χ0n) is 15.6. The number of likely N-dealkylation sites (tertiary alicyclic amines) is 1. The number of nitrogens with zero attached hydrogens (tertiary/aromatic N) is 2. The topological polar surface area (TPSA) is 74.3 Å². The van der Waals surface area contributed by atoms with Gasteiger partial charge in [0.15, 0.2) is 0 Å². The lowest BCUT2D eigenvalue weighted by atomic mass is 10.0. The molecule has 1 aromatic carbocycles. The van der Waals surface area contributed by atoms with Crippen molar-refractivity contribution in [1.82, 2.24) is 15.2 Å². The van der Waals surface area contributed by atoms with Crippen LogP contribution < -0.4 is 10.6 Å². The maximum absolute atomic E-state index is 12.4. The van der Waals surface area contributed by atoms with E-state index in [0.29, 0.717) is 23.4 Å². The second-order valence-electron chi connectivity index (χ2n) is 7.08. The van der Waals surface area contributed by atoms with Gasteiger partial charge < -0.3 is 15.5 Å². The Kier molecular flexibility index (Phi) is 6.54. The molecule has 1 aliphatic heterocycles.